The van der Waals surface area contributed by atoms with Crippen LogP contribution in [-0.4, -0.2) is 54.2 Å². The van der Waals surface area contributed by atoms with Crippen molar-refractivity contribution in [3.63, 3.8) is 0 Å². The van der Waals surface area contributed by atoms with Gasteiger partial charge in [0.2, 0.25) is 5.91 Å². The molecule has 1 saturated heterocycles. The second-order valence-corrected chi connectivity index (χ2v) is 4.27. The van der Waals surface area contributed by atoms with E-state index in [1.807, 2.05) is 0 Å². The number of carbonyl (C=O) groups excluding carboxylic acids is 1. The van der Waals surface area contributed by atoms with E-state index in [2.05, 4.69) is 10.2 Å². The fraction of sp³-hybridized carbons (Fsp3) is 0.900. The van der Waals surface area contributed by atoms with Gasteiger partial charge in [0.05, 0.1) is 12.6 Å². The van der Waals surface area contributed by atoms with E-state index in [4.69, 9.17) is 10.8 Å². The summed E-state index contributed by atoms with van der Waals surface area (Å²) in [6, 6.07) is 0.293. The zero-order valence-corrected chi connectivity index (χ0v) is 9.28. The van der Waals surface area contributed by atoms with Crippen molar-refractivity contribution in [3.05, 3.63) is 0 Å². The van der Waals surface area contributed by atoms with Gasteiger partial charge in [-0.25, -0.2) is 0 Å². The molecule has 15 heavy (non-hydrogen) atoms. The number of rotatable bonds is 4. The van der Waals surface area contributed by atoms with E-state index in [-0.39, 0.29) is 5.91 Å². The number of aliphatic hydroxyl groups is 1. The third kappa shape index (κ3) is 5.11. The van der Waals surface area contributed by atoms with Gasteiger partial charge in [0.25, 0.3) is 0 Å². The number of amides is 1. The fourth-order valence-corrected chi connectivity index (χ4v) is 1.63. The third-order valence-corrected chi connectivity index (χ3v) is 2.59. The van der Waals surface area contributed by atoms with Gasteiger partial charge in [0, 0.05) is 25.7 Å². The van der Waals surface area contributed by atoms with Gasteiger partial charge in [-0.05, 0) is 19.8 Å². The van der Waals surface area contributed by atoms with Crippen molar-refractivity contribution in [2.75, 3.05) is 26.2 Å². The molecule has 0 aliphatic carbocycles. The molecule has 1 fully saturated rings. The molecule has 0 aromatic heterocycles. The fourth-order valence-electron chi connectivity index (χ4n) is 1.63. The smallest absolute Gasteiger partial charge is 0.234 e. The second-order valence-electron chi connectivity index (χ2n) is 4.27. The Morgan fingerprint density at radius 1 is 1.60 bits per heavy atom. The van der Waals surface area contributed by atoms with Crippen LogP contribution in [0.4, 0.5) is 0 Å². The summed E-state index contributed by atoms with van der Waals surface area (Å²) in [4.78, 5) is 13.5. The Hall–Kier alpha value is -0.650. The maximum absolute atomic E-state index is 11.4. The van der Waals surface area contributed by atoms with Crippen LogP contribution in [0.25, 0.3) is 0 Å². The van der Waals surface area contributed by atoms with Gasteiger partial charge < -0.3 is 16.2 Å². The average molecular weight is 215 g/mol. The predicted octanol–water partition coefficient (Wildman–Crippen LogP) is -1.09. The van der Waals surface area contributed by atoms with E-state index in [0.29, 0.717) is 19.1 Å². The molecule has 0 aromatic carbocycles. The Kier molecular flexibility index (Phi) is 5.01. The molecule has 1 rings (SSSR count). The highest BCUT2D eigenvalue weighted by Crippen LogP contribution is 2.06. The molecule has 1 heterocycles. The van der Waals surface area contributed by atoms with Crippen molar-refractivity contribution in [3.8, 4) is 0 Å². The molecule has 0 bridgehead atoms. The summed E-state index contributed by atoms with van der Waals surface area (Å²) >= 11 is 0. The molecule has 0 spiro atoms. The normalized spacial score (nSPS) is 21.3. The van der Waals surface area contributed by atoms with E-state index in [1.165, 1.54) is 0 Å². The molecule has 0 saturated carbocycles. The van der Waals surface area contributed by atoms with E-state index in [9.17, 15) is 4.79 Å². The van der Waals surface area contributed by atoms with Crippen LogP contribution in [0, 0.1) is 0 Å². The summed E-state index contributed by atoms with van der Waals surface area (Å²) < 4.78 is 0. The topological polar surface area (TPSA) is 78.6 Å². The highest BCUT2D eigenvalue weighted by molar-refractivity contribution is 5.78. The molecule has 1 atom stereocenters. The number of aliphatic hydroxyl groups excluding tert-OH is 1. The first kappa shape index (κ1) is 12.4. The molecular formula is C10H21N3O2. The minimum atomic E-state index is -0.483. The molecule has 4 N–H and O–H groups in total. The van der Waals surface area contributed by atoms with Gasteiger partial charge in [-0.2, -0.15) is 0 Å². The maximum Gasteiger partial charge on any atom is 0.234 e. The Morgan fingerprint density at radius 2 is 2.20 bits per heavy atom. The molecule has 1 aliphatic rings. The molecule has 1 unspecified atom stereocenters. The van der Waals surface area contributed by atoms with Crippen LogP contribution >= 0.6 is 0 Å². The van der Waals surface area contributed by atoms with Crippen molar-refractivity contribution in [1.82, 2.24) is 10.2 Å². The number of nitrogens with one attached hydrogen (secondary N) is 1. The van der Waals surface area contributed by atoms with Crippen LogP contribution in [0.2, 0.25) is 0 Å². The molecule has 5 heteroatoms. The van der Waals surface area contributed by atoms with Crippen molar-refractivity contribution >= 4 is 5.91 Å². The van der Waals surface area contributed by atoms with E-state index >= 15 is 0 Å². The Balaban J connectivity index is 2.15. The molecule has 5 nitrogen and oxygen atoms in total. The first-order valence-electron chi connectivity index (χ1n) is 5.50. The summed E-state index contributed by atoms with van der Waals surface area (Å²) in [5, 5.41) is 11.7. The Labute approximate surface area is 90.6 Å². The van der Waals surface area contributed by atoms with E-state index < -0.39 is 6.10 Å². The number of hydrogen-bond donors (Lipinski definition) is 3. The summed E-state index contributed by atoms with van der Waals surface area (Å²) in [5.74, 6) is -0.0219. The predicted molar refractivity (Wildman–Crippen MR) is 58.3 cm³/mol. The van der Waals surface area contributed by atoms with Crippen LogP contribution < -0.4 is 11.1 Å². The van der Waals surface area contributed by atoms with Crippen molar-refractivity contribution in [2.45, 2.75) is 31.9 Å². The van der Waals surface area contributed by atoms with Crippen LogP contribution in [0.15, 0.2) is 0 Å². The van der Waals surface area contributed by atoms with Crippen molar-refractivity contribution in [2.24, 2.45) is 5.73 Å². The van der Waals surface area contributed by atoms with Crippen LogP contribution in [0.1, 0.15) is 19.8 Å². The minimum Gasteiger partial charge on any atom is -0.392 e. The van der Waals surface area contributed by atoms with Gasteiger partial charge in [-0.15, -0.1) is 0 Å². The number of hydrogen-bond acceptors (Lipinski definition) is 4. The highest BCUT2D eigenvalue weighted by Gasteiger charge is 2.17. The monoisotopic (exact) mass is 215 g/mol. The van der Waals surface area contributed by atoms with Crippen LogP contribution in [0.3, 0.4) is 0 Å². The molecule has 0 radical (unpaired) electrons. The Bertz CT molecular complexity index is 201. The molecule has 0 aromatic rings. The first-order valence-corrected chi connectivity index (χ1v) is 5.50. The number of piperidine rings is 1. The van der Waals surface area contributed by atoms with E-state index in [0.717, 1.165) is 25.9 Å². The standard InChI is InChI=1S/C10H21N3O2/c1-8(14)6-12-10(15)7-13-4-2-9(11)3-5-13/h8-9,14H,2-7,11H2,1H3,(H,12,15). The molecule has 1 aliphatic heterocycles. The summed E-state index contributed by atoms with van der Waals surface area (Å²) in [6.07, 6.45) is 1.44. The zero-order chi connectivity index (χ0) is 11.3. The summed E-state index contributed by atoms with van der Waals surface area (Å²) in [6.45, 7) is 4.18. The van der Waals surface area contributed by atoms with Gasteiger partial charge in [-0.3, -0.25) is 9.69 Å². The number of likely N-dealkylation sites (tertiary alicyclic amines) is 1. The zero-order valence-electron chi connectivity index (χ0n) is 9.28. The van der Waals surface area contributed by atoms with Crippen LogP contribution in [0.5, 0.6) is 0 Å². The highest BCUT2D eigenvalue weighted by atomic mass is 16.3. The lowest BCUT2D eigenvalue weighted by Crippen LogP contribution is -2.45. The third-order valence-electron chi connectivity index (χ3n) is 2.59. The minimum absolute atomic E-state index is 0.0219. The molecule has 1 amide bonds. The lowest BCUT2D eigenvalue weighted by molar-refractivity contribution is -0.122. The lowest BCUT2D eigenvalue weighted by Gasteiger charge is -2.29. The van der Waals surface area contributed by atoms with Crippen LogP contribution in [-0.2, 0) is 4.79 Å². The van der Waals surface area contributed by atoms with Gasteiger partial charge in [-0.1, -0.05) is 0 Å². The van der Waals surface area contributed by atoms with Gasteiger partial charge >= 0.3 is 0 Å². The number of carbonyl (C=O) groups is 1. The average Bonchev–Trinajstić information content (AvgIpc) is 2.19. The maximum atomic E-state index is 11.4. The van der Waals surface area contributed by atoms with E-state index in [1.54, 1.807) is 6.92 Å². The first-order chi connectivity index (χ1) is 7.08. The molecule has 88 valence electrons. The largest absolute Gasteiger partial charge is 0.392 e. The lowest BCUT2D eigenvalue weighted by atomic mass is 10.1. The van der Waals surface area contributed by atoms with Crippen molar-refractivity contribution in [1.29, 1.82) is 0 Å². The van der Waals surface area contributed by atoms with Gasteiger partial charge in [0.1, 0.15) is 0 Å². The Morgan fingerprint density at radius 3 is 2.73 bits per heavy atom. The number of nitrogens with zero attached hydrogens (tertiary/aromatic N) is 1. The van der Waals surface area contributed by atoms with Gasteiger partial charge in [0.15, 0.2) is 0 Å². The second kappa shape index (κ2) is 6.05. The number of nitrogens with two attached hydrogens (primary N) is 1. The van der Waals surface area contributed by atoms with Crippen molar-refractivity contribution < 1.29 is 9.90 Å². The SMILES string of the molecule is CC(O)CNC(=O)CN1CCC(N)CC1. The quantitative estimate of drug-likeness (QED) is 0.556. The molecular weight excluding hydrogens is 194 g/mol. The summed E-state index contributed by atoms with van der Waals surface area (Å²) in [5.41, 5.74) is 5.77. The summed E-state index contributed by atoms with van der Waals surface area (Å²) in [7, 11) is 0.